The van der Waals surface area contributed by atoms with Crippen LogP contribution in [0.25, 0.3) is 11.0 Å². The van der Waals surface area contributed by atoms with Crippen LogP contribution >= 0.6 is 0 Å². The summed E-state index contributed by atoms with van der Waals surface area (Å²) in [5.74, 6) is 0.474. The predicted octanol–water partition coefficient (Wildman–Crippen LogP) is 3.07. The van der Waals surface area contributed by atoms with Gasteiger partial charge in [-0.3, -0.25) is 0 Å². The van der Waals surface area contributed by atoms with Crippen molar-refractivity contribution in [3.05, 3.63) is 24.0 Å². The average molecular weight is 277 g/mol. The molecule has 0 aliphatic rings. The molecular formula is C15H19NO4. The molecule has 1 aromatic heterocycles. The number of carbonyl (C=O) groups excluding carboxylic acids is 1. The number of carbonyl (C=O) groups is 1. The van der Waals surface area contributed by atoms with Gasteiger partial charge in [-0.15, -0.1) is 0 Å². The topological polar surface area (TPSA) is 51.9 Å². The van der Waals surface area contributed by atoms with Gasteiger partial charge in [0.05, 0.1) is 19.4 Å². The number of esters is 1. The summed E-state index contributed by atoms with van der Waals surface area (Å²) >= 11 is 0. The number of furan rings is 1. The molecule has 0 atom stereocenters. The first-order valence-corrected chi connectivity index (χ1v) is 6.53. The van der Waals surface area contributed by atoms with Crippen molar-refractivity contribution in [3.63, 3.8) is 0 Å². The van der Waals surface area contributed by atoms with Crippen molar-refractivity contribution in [2.45, 2.75) is 13.3 Å². The zero-order valence-electron chi connectivity index (χ0n) is 12.2. The highest BCUT2D eigenvalue weighted by Crippen LogP contribution is 2.35. The molecule has 5 heteroatoms. The van der Waals surface area contributed by atoms with E-state index in [9.17, 15) is 4.79 Å². The quantitative estimate of drug-likeness (QED) is 0.786. The zero-order chi connectivity index (χ0) is 14.7. The van der Waals surface area contributed by atoms with Crippen LogP contribution in [0.15, 0.2) is 22.6 Å². The lowest BCUT2D eigenvalue weighted by Crippen LogP contribution is -2.14. The van der Waals surface area contributed by atoms with Crippen LogP contribution in [0.3, 0.4) is 0 Å². The van der Waals surface area contributed by atoms with Crippen LogP contribution in [-0.2, 0) is 4.74 Å². The molecule has 0 spiro atoms. The van der Waals surface area contributed by atoms with Crippen LogP contribution < -0.4 is 9.64 Å². The third kappa shape index (κ3) is 2.57. The van der Waals surface area contributed by atoms with Gasteiger partial charge in [0.25, 0.3) is 0 Å². The Labute approximate surface area is 118 Å². The molecule has 0 bridgehead atoms. The van der Waals surface area contributed by atoms with E-state index in [0.29, 0.717) is 17.9 Å². The summed E-state index contributed by atoms with van der Waals surface area (Å²) in [6.45, 7) is 2.33. The molecule has 0 unspecified atom stereocenters. The molecule has 0 aliphatic heterocycles. The van der Waals surface area contributed by atoms with E-state index in [4.69, 9.17) is 13.9 Å². The molecule has 0 saturated carbocycles. The third-order valence-corrected chi connectivity index (χ3v) is 2.94. The van der Waals surface area contributed by atoms with Crippen LogP contribution in [0.1, 0.15) is 23.9 Å². The van der Waals surface area contributed by atoms with Gasteiger partial charge >= 0.3 is 5.97 Å². The summed E-state index contributed by atoms with van der Waals surface area (Å²) in [5, 5.41) is 0.860. The number of anilines is 1. The van der Waals surface area contributed by atoms with E-state index < -0.39 is 5.97 Å². The average Bonchev–Trinajstić information content (AvgIpc) is 2.82. The molecule has 20 heavy (non-hydrogen) atoms. The van der Waals surface area contributed by atoms with E-state index in [2.05, 4.69) is 0 Å². The standard InChI is InChI=1S/C15H19NO4/c1-5-8-19-15(17)14-13(16(2)3)11-7-6-10(18-4)9-12(11)20-14/h6-7,9H,5,8H2,1-4H3. The summed E-state index contributed by atoms with van der Waals surface area (Å²) in [6.07, 6.45) is 0.775. The molecule has 1 aromatic carbocycles. The smallest absolute Gasteiger partial charge is 0.376 e. The van der Waals surface area contributed by atoms with Gasteiger partial charge in [0.1, 0.15) is 11.3 Å². The second kappa shape index (κ2) is 5.86. The van der Waals surface area contributed by atoms with Gasteiger partial charge < -0.3 is 18.8 Å². The molecule has 0 saturated heterocycles. The van der Waals surface area contributed by atoms with E-state index in [1.165, 1.54) is 0 Å². The van der Waals surface area contributed by atoms with Crippen molar-refractivity contribution in [1.29, 1.82) is 0 Å². The number of benzene rings is 1. The molecule has 0 amide bonds. The minimum atomic E-state index is -0.439. The maximum atomic E-state index is 12.1. The Bertz CT molecular complexity index is 616. The Morgan fingerprint density at radius 1 is 1.35 bits per heavy atom. The van der Waals surface area contributed by atoms with Gasteiger partial charge in [0, 0.05) is 25.5 Å². The summed E-state index contributed by atoms with van der Waals surface area (Å²) in [6, 6.07) is 5.48. The second-order valence-electron chi connectivity index (χ2n) is 4.67. The fourth-order valence-corrected chi connectivity index (χ4v) is 2.03. The monoisotopic (exact) mass is 277 g/mol. The molecule has 0 radical (unpaired) electrons. The Hall–Kier alpha value is -2.17. The molecule has 0 fully saturated rings. The summed E-state index contributed by atoms with van der Waals surface area (Å²) < 4.78 is 16.0. The molecule has 1 heterocycles. The van der Waals surface area contributed by atoms with Crippen molar-refractivity contribution < 1.29 is 18.7 Å². The maximum absolute atomic E-state index is 12.1. The van der Waals surface area contributed by atoms with Crippen LogP contribution in [-0.4, -0.2) is 33.8 Å². The van der Waals surface area contributed by atoms with Crippen LogP contribution in [0, 0.1) is 0 Å². The first kappa shape index (κ1) is 14.2. The minimum Gasteiger partial charge on any atom is -0.497 e. The summed E-state index contributed by atoms with van der Waals surface area (Å²) in [7, 11) is 5.32. The number of hydrogen-bond donors (Lipinski definition) is 0. The van der Waals surface area contributed by atoms with Crippen molar-refractivity contribution in [2.24, 2.45) is 0 Å². The fraction of sp³-hybridized carbons (Fsp3) is 0.400. The largest absolute Gasteiger partial charge is 0.497 e. The Morgan fingerprint density at radius 3 is 2.70 bits per heavy atom. The molecule has 0 N–H and O–H groups in total. The first-order valence-electron chi connectivity index (χ1n) is 6.53. The number of hydrogen-bond acceptors (Lipinski definition) is 5. The lowest BCUT2D eigenvalue weighted by Gasteiger charge is -2.12. The Kier molecular flexibility index (Phi) is 4.17. The number of fused-ring (bicyclic) bond motifs is 1. The normalized spacial score (nSPS) is 10.6. The van der Waals surface area contributed by atoms with E-state index in [0.717, 1.165) is 17.5 Å². The summed E-state index contributed by atoms with van der Waals surface area (Å²) in [4.78, 5) is 13.9. The minimum absolute atomic E-state index is 0.228. The van der Waals surface area contributed by atoms with Crippen molar-refractivity contribution in [1.82, 2.24) is 0 Å². The van der Waals surface area contributed by atoms with Crippen molar-refractivity contribution >= 4 is 22.6 Å². The van der Waals surface area contributed by atoms with Crippen molar-refractivity contribution in [3.8, 4) is 5.75 Å². The second-order valence-corrected chi connectivity index (χ2v) is 4.67. The summed E-state index contributed by atoms with van der Waals surface area (Å²) in [5.41, 5.74) is 1.33. The molecule has 5 nitrogen and oxygen atoms in total. The van der Waals surface area contributed by atoms with E-state index >= 15 is 0 Å². The van der Waals surface area contributed by atoms with Crippen LogP contribution in [0.2, 0.25) is 0 Å². The van der Waals surface area contributed by atoms with Gasteiger partial charge in [0.15, 0.2) is 0 Å². The number of rotatable bonds is 5. The fourth-order valence-electron chi connectivity index (χ4n) is 2.03. The van der Waals surface area contributed by atoms with E-state index in [1.54, 1.807) is 13.2 Å². The molecule has 108 valence electrons. The number of nitrogens with zero attached hydrogens (tertiary/aromatic N) is 1. The van der Waals surface area contributed by atoms with Gasteiger partial charge in [-0.2, -0.15) is 0 Å². The maximum Gasteiger partial charge on any atom is 0.376 e. The van der Waals surface area contributed by atoms with Gasteiger partial charge in [0.2, 0.25) is 5.76 Å². The third-order valence-electron chi connectivity index (χ3n) is 2.94. The lowest BCUT2D eigenvalue weighted by molar-refractivity contribution is 0.0472. The van der Waals surface area contributed by atoms with Gasteiger partial charge in [-0.1, -0.05) is 6.92 Å². The van der Waals surface area contributed by atoms with Gasteiger partial charge in [-0.05, 0) is 18.6 Å². The van der Waals surface area contributed by atoms with E-state index in [-0.39, 0.29) is 5.76 Å². The zero-order valence-corrected chi connectivity index (χ0v) is 12.2. The van der Waals surface area contributed by atoms with Crippen molar-refractivity contribution in [2.75, 3.05) is 32.7 Å². The van der Waals surface area contributed by atoms with Crippen LogP contribution in [0.4, 0.5) is 5.69 Å². The Balaban J connectivity index is 2.52. The highest BCUT2D eigenvalue weighted by molar-refractivity contribution is 6.04. The highest BCUT2D eigenvalue weighted by Gasteiger charge is 2.23. The number of ether oxygens (including phenoxy) is 2. The Morgan fingerprint density at radius 2 is 2.10 bits per heavy atom. The SMILES string of the molecule is CCCOC(=O)c1oc2cc(OC)ccc2c1N(C)C. The van der Waals surface area contributed by atoms with Crippen LogP contribution in [0.5, 0.6) is 5.75 Å². The lowest BCUT2D eigenvalue weighted by atomic mass is 10.2. The molecular weight excluding hydrogens is 258 g/mol. The molecule has 2 aromatic rings. The first-order chi connectivity index (χ1) is 9.58. The van der Waals surface area contributed by atoms with Gasteiger partial charge in [-0.25, -0.2) is 4.79 Å². The molecule has 0 aliphatic carbocycles. The highest BCUT2D eigenvalue weighted by atomic mass is 16.5. The van der Waals surface area contributed by atoms with E-state index in [1.807, 2.05) is 38.1 Å². The molecule has 2 rings (SSSR count). The number of methoxy groups -OCH3 is 1. The predicted molar refractivity (Wildman–Crippen MR) is 77.7 cm³/mol.